The number of hydrogen-bond donors (Lipinski definition) is 2. The largest absolute Gasteiger partial charge is 0.487 e. The van der Waals surface area contributed by atoms with Crippen molar-refractivity contribution in [3.8, 4) is 23.4 Å². The van der Waals surface area contributed by atoms with Gasteiger partial charge in [0.1, 0.15) is 18.1 Å². The highest BCUT2D eigenvalue weighted by Gasteiger charge is 2.17. The first-order chi connectivity index (χ1) is 12.6. The minimum Gasteiger partial charge on any atom is -0.487 e. The number of carbonyl (C=O) groups is 1. The molecule has 0 amide bonds. The molecule has 3 rings (SSSR count). The number of rotatable bonds is 6. The maximum atomic E-state index is 11.0. The summed E-state index contributed by atoms with van der Waals surface area (Å²) < 4.78 is 11.1. The number of benzene rings is 2. The smallest absolute Gasteiger partial charge is 0.359 e. The van der Waals surface area contributed by atoms with E-state index in [0.29, 0.717) is 22.1 Å². The Labute approximate surface area is 152 Å². The van der Waals surface area contributed by atoms with Crippen LogP contribution in [0.2, 0.25) is 5.02 Å². The molecule has 26 heavy (non-hydrogen) atoms. The number of halogens is 1. The van der Waals surface area contributed by atoms with Crippen LogP contribution in [0.4, 0.5) is 0 Å². The molecule has 0 saturated heterocycles. The number of nitrogens with zero attached hydrogens (tertiary/aromatic N) is 3. The van der Waals surface area contributed by atoms with E-state index in [9.17, 15) is 4.79 Å². The van der Waals surface area contributed by atoms with E-state index in [1.54, 1.807) is 36.4 Å². The number of carboxylic acids is 1. The number of nitrogens with one attached hydrogen (secondary N) is 1. The Morgan fingerprint density at radius 2 is 2.04 bits per heavy atom. The molecule has 8 nitrogen and oxygen atoms in total. The van der Waals surface area contributed by atoms with E-state index < -0.39 is 5.97 Å². The van der Waals surface area contributed by atoms with Crippen LogP contribution in [0.5, 0.6) is 17.4 Å². The van der Waals surface area contributed by atoms with Gasteiger partial charge in [0.15, 0.2) is 0 Å². The van der Waals surface area contributed by atoms with E-state index in [1.807, 2.05) is 6.07 Å². The van der Waals surface area contributed by atoms with E-state index in [4.69, 9.17) is 31.4 Å². The monoisotopic (exact) mass is 370 g/mol. The number of ether oxygens (including phenoxy) is 2. The van der Waals surface area contributed by atoms with Gasteiger partial charge < -0.3 is 14.6 Å². The molecule has 3 aromatic rings. The van der Waals surface area contributed by atoms with Crippen molar-refractivity contribution in [1.82, 2.24) is 15.4 Å². The van der Waals surface area contributed by atoms with Crippen LogP contribution in [0.25, 0.3) is 0 Å². The summed E-state index contributed by atoms with van der Waals surface area (Å²) in [6, 6.07) is 13.6. The Bertz CT molecular complexity index is 979. The maximum Gasteiger partial charge on any atom is 0.359 e. The number of aromatic amines is 1. The second-order valence-corrected chi connectivity index (χ2v) is 5.50. The summed E-state index contributed by atoms with van der Waals surface area (Å²) in [4.78, 5) is 11.0. The summed E-state index contributed by atoms with van der Waals surface area (Å²) in [7, 11) is 0. The van der Waals surface area contributed by atoms with Gasteiger partial charge in [-0.3, -0.25) is 0 Å². The minimum absolute atomic E-state index is 0.169. The second-order valence-electron chi connectivity index (χ2n) is 5.09. The molecule has 0 aliphatic carbocycles. The predicted octanol–water partition coefficient (Wildman–Crippen LogP) is 3.40. The van der Waals surface area contributed by atoms with Crippen LogP contribution in [0.3, 0.4) is 0 Å². The van der Waals surface area contributed by atoms with Crippen LogP contribution in [0.1, 0.15) is 21.6 Å². The molecule has 2 aromatic carbocycles. The van der Waals surface area contributed by atoms with Crippen molar-refractivity contribution in [3.05, 3.63) is 64.3 Å². The molecule has 1 aromatic heterocycles. The lowest BCUT2D eigenvalue weighted by Crippen LogP contribution is -2.00. The van der Waals surface area contributed by atoms with Gasteiger partial charge >= 0.3 is 5.97 Å². The number of aromatic nitrogens is 3. The first-order valence-corrected chi connectivity index (χ1v) is 7.68. The minimum atomic E-state index is -1.24. The van der Waals surface area contributed by atoms with Gasteiger partial charge in [-0.05, 0) is 29.8 Å². The Hall–Kier alpha value is -3.57. The molecule has 0 radical (unpaired) electrons. The molecule has 0 aliphatic rings. The summed E-state index contributed by atoms with van der Waals surface area (Å²) in [6.07, 6.45) is 0. The number of carboxylic acid groups (broad SMARTS) is 1. The highest BCUT2D eigenvalue weighted by atomic mass is 35.5. The molecule has 0 fully saturated rings. The van der Waals surface area contributed by atoms with Gasteiger partial charge in [-0.2, -0.15) is 5.26 Å². The molecular weight excluding hydrogens is 360 g/mol. The molecule has 0 unspecified atom stereocenters. The zero-order valence-corrected chi connectivity index (χ0v) is 13.9. The normalized spacial score (nSPS) is 10.2. The molecule has 130 valence electrons. The topological polar surface area (TPSA) is 121 Å². The van der Waals surface area contributed by atoms with Crippen LogP contribution in [0.15, 0.2) is 42.5 Å². The summed E-state index contributed by atoms with van der Waals surface area (Å²) in [6.45, 7) is 0.235. The number of nitriles is 1. The third-order valence-corrected chi connectivity index (χ3v) is 3.64. The molecular formula is C17H11ClN4O4. The van der Waals surface area contributed by atoms with Crippen molar-refractivity contribution < 1.29 is 19.4 Å². The van der Waals surface area contributed by atoms with Crippen molar-refractivity contribution >= 4 is 17.6 Å². The maximum absolute atomic E-state index is 11.0. The van der Waals surface area contributed by atoms with Crippen LogP contribution in [0, 0.1) is 11.3 Å². The van der Waals surface area contributed by atoms with Gasteiger partial charge in [0.2, 0.25) is 5.69 Å². The van der Waals surface area contributed by atoms with Gasteiger partial charge in [0, 0.05) is 6.07 Å². The number of aromatic carboxylic acids is 1. The first kappa shape index (κ1) is 17.3. The molecule has 9 heteroatoms. The predicted molar refractivity (Wildman–Crippen MR) is 90.4 cm³/mol. The van der Waals surface area contributed by atoms with Gasteiger partial charge in [0.25, 0.3) is 5.88 Å². The first-order valence-electron chi connectivity index (χ1n) is 7.30. The summed E-state index contributed by atoms with van der Waals surface area (Å²) in [5.74, 6) is -0.761. The van der Waals surface area contributed by atoms with Crippen molar-refractivity contribution in [3.63, 3.8) is 0 Å². The molecule has 0 aliphatic heterocycles. The number of H-pyrrole nitrogens is 1. The van der Waals surface area contributed by atoms with Crippen molar-refractivity contribution in [1.29, 1.82) is 5.26 Å². The Kier molecular flexibility index (Phi) is 5.01. The number of hydrogen-bond acceptors (Lipinski definition) is 6. The zero-order valence-electron chi connectivity index (χ0n) is 13.1. The lowest BCUT2D eigenvalue weighted by atomic mass is 10.2. The van der Waals surface area contributed by atoms with E-state index in [0.717, 1.165) is 5.56 Å². The highest BCUT2D eigenvalue weighted by Crippen LogP contribution is 2.32. The fourth-order valence-corrected chi connectivity index (χ4v) is 2.21. The average Bonchev–Trinajstić information content (AvgIpc) is 3.11. The Balaban J connectivity index is 1.73. The zero-order chi connectivity index (χ0) is 18.5. The lowest BCUT2D eigenvalue weighted by molar-refractivity contribution is 0.0687. The van der Waals surface area contributed by atoms with E-state index in [1.165, 1.54) is 6.07 Å². The SMILES string of the molecule is N#Cc1ccc(COc2cc(Oc3nn[nH]c3C(=O)O)ccc2Cl)cc1. The molecule has 0 saturated carbocycles. The fourth-order valence-electron chi connectivity index (χ4n) is 2.03. The van der Waals surface area contributed by atoms with Crippen molar-refractivity contribution in [2.45, 2.75) is 6.61 Å². The van der Waals surface area contributed by atoms with Crippen LogP contribution >= 0.6 is 11.6 Å². The Morgan fingerprint density at radius 3 is 2.73 bits per heavy atom. The summed E-state index contributed by atoms with van der Waals surface area (Å²) in [5, 5.41) is 27.4. The Morgan fingerprint density at radius 1 is 1.27 bits per heavy atom. The third-order valence-electron chi connectivity index (χ3n) is 3.32. The standard InChI is InChI=1S/C17H11ClN4O4/c18-13-6-5-12(26-16-15(17(23)24)20-22-21-16)7-14(13)25-9-11-3-1-10(8-19)2-4-11/h1-7H,9H2,(H,23,24)(H,20,21,22). The molecule has 0 atom stereocenters. The average molecular weight is 371 g/mol. The fraction of sp³-hybridized carbons (Fsp3) is 0.0588. The van der Waals surface area contributed by atoms with Crippen LogP contribution in [-0.2, 0) is 6.61 Å². The van der Waals surface area contributed by atoms with Gasteiger partial charge in [0.05, 0.1) is 16.7 Å². The van der Waals surface area contributed by atoms with E-state index >= 15 is 0 Å². The van der Waals surface area contributed by atoms with Crippen molar-refractivity contribution in [2.24, 2.45) is 0 Å². The molecule has 0 bridgehead atoms. The molecule has 1 heterocycles. The molecule has 2 N–H and O–H groups in total. The van der Waals surface area contributed by atoms with Gasteiger partial charge in [-0.1, -0.05) is 34.0 Å². The quantitative estimate of drug-likeness (QED) is 0.681. The third kappa shape index (κ3) is 3.91. The van der Waals surface area contributed by atoms with Crippen molar-refractivity contribution in [2.75, 3.05) is 0 Å². The molecule has 0 spiro atoms. The van der Waals surface area contributed by atoms with Crippen LogP contribution in [-0.4, -0.2) is 26.5 Å². The van der Waals surface area contributed by atoms with E-state index in [-0.39, 0.29) is 18.2 Å². The summed E-state index contributed by atoms with van der Waals surface area (Å²) >= 11 is 6.12. The van der Waals surface area contributed by atoms with Gasteiger partial charge in [-0.15, -0.1) is 0 Å². The van der Waals surface area contributed by atoms with E-state index in [2.05, 4.69) is 15.4 Å². The second kappa shape index (κ2) is 7.55. The lowest BCUT2D eigenvalue weighted by Gasteiger charge is -2.10. The summed E-state index contributed by atoms with van der Waals surface area (Å²) in [5.41, 5.74) is 1.15. The van der Waals surface area contributed by atoms with Crippen LogP contribution < -0.4 is 9.47 Å². The highest BCUT2D eigenvalue weighted by molar-refractivity contribution is 6.32. The van der Waals surface area contributed by atoms with Gasteiger partial charge in [-0.25, -0.2) is 9.89 Å².